The van der Waals surface area contributed by atoms with Gasteiger partial charge in [-0.05, 0) is 19.4 Å². The second-order valence-electron chi connectivity index (χ2n) is 5.25. The minimum absolute atomic E-state index is 0. The highest BCUT2D eigenvalue weighted by molar-refractivity contribution is 5.85. The van der Waals surface area contributed by atoms with E-state index in [1.54, 1.807) is 0 Å². The van der Waals surface area contributed by atoms with Crippen molar-refractivity contribution in [3.63, 3.8) is 0 Å². The molecule has 1 aliphatic rings. The van der Waals surface area contributed by atoms with Gasteiger partial charge in [0.2, 0.25) is 0 Å². The molecule has 0 aliphatic carbocycles. The average molecular weight is 357 g/mol. The summed E-state index contributed by atoms with van der Waals surface area (Å²) in [5.74, 6) is -2.85. The minimum atomic E-state index is -1.14. The molecule has 1 N–H and O–H groups in total. The SMILES string of the molecule is C=C(C)C[C@H](c1cc(F)cc(F)c1F)N1CCNCC1.Cl.Cl. The summed E-state index contributed by atoms with van der Waals surface area (Å²) in [4.78, 5) is 2.04. The number of hydrogen-bond donors (Lipinski definition) is 1. The number of halogens is 5. The van der Waals surface area contributed by atoms with Crippen molar-refractivity contribution in [2.45, 2.75) is 19.4 Å². The molecule has 0 saturated carbocycles. The van der Waals surface area contributed by atoms with Crippen molar-refractivity contribution in [1.82, 2.24) is 10.2 Å². The Hall–Kier alpha value is -0.750. The second kappa shape index (κ2) is 9.40. The van der Waals surface area contributed by atoms with Gasteiger partial charge in [-0.25, -0.2) is 13.2 Å². The van der Waals surface area contributed by atoms with Gasteiger partial charge in [0.05, 0.1) is 0 Å². The molecule has 7 heteroatoms. The largest absolute Gasteiger partial charge is 0.314 e. The highest BCUT2D eigenvalue weighted by Crippen LogP contribution is 2.31. The number of rotatable bonds is 4. The summed E-state index contributed by atoms with van der Waals surface area (Å²) in [5, 5.41) is 3.21. The molecule has 0 radical (unpaired) electrons. The predicted molar refractivity (Wildman–Crippen MR) is 87.4 cm³/mol. The average Bonchev–Trinajstić information content (AvgIpc) is 2.41. The molecule has 0 amide bonds. The van der Waals surface area contributed by atoms with Crippen LogP contribution in [0.25, 0.3) is 0 Å². The quantitative estimate of drug-likeness (QED) is 0.650. The third kappa shape index (κ3) is 5.16. The van der Waals surface area contributed by atoms with E-state index >= 15 is 0 Å². The lowest BCUT2D eigenvalue weighted by Crippen LogP contribution is -2.45. The Labute approximate surface area is 141 Å². The van der Waals surface area contributed by atoms with Crippen LogP contribution in [0.5, 0.6) is 0 Å². The van der Waals surface area contributed by atoms with E-state index in [1.165, 1.54) is 0 Å². The predicted octanol–water partition coefficient (Wildman–Crippen LogP) is 3.86. The topological polar surface area (TPSA) is 15.3 Å². The fraction of sp³-hybridized carbons (Fsp3) is 0.467. The zero-order valence-electron chi connectivity index (χ0n) is 12.4. The summed E-state index contributed by atoms with van der Waals surface area (Å²) < 4.78 is 40.9. The number of hydrogen-bond acceptors (Lipinski definition) is 2. The normalized spacial score (nSPS) is 16.4. The second-order valence-corrected chi connectivity index (χ2v) is 5.25. The van der Waals surface area contributed by atoms with Gasteiger partial charge in [0.25, 0.3) is 0 Å². The van der Waals surface area contributed by atoms with Crippen LogP contribution >= 0.6 is 24.8 Å². The molecule has 0 bridgehead atoms. The van der Waals surface area contributed by atoms with Crippen LogP contribution in [0.15, 0.2) is 24.3 Å². The number of nitrogens with zero attached hydrogens (tertiary/aromatic N) is 1. The summed E-state index contributed by atoms with van der Waals surface area (Å²) in [5.41, 5.74) is 0.935. The summed E-state index contributed by atoms with van der Waals surface area (Å²) >= 11 is 0. The molecule has 126 valence electrons. The summed E-state index contributed by atoms with van der Waals surface area (Å²) in [6.07, 6.45) is 0.486. The van der Waals surface area contributed by atoms with Crippen molar-refractivity contribution in [3.05, 3.63) is 47.3 Å². The zero-order valence-corrected chi connectivity index (χ0v) is 14.0. The Balaban J connectivity index is 0.00000220. The van der Waals surface area contributed by atoms with Crippen LogP contribution in [0.2, 0.25) is 0 Å². The van der Waals surface area contributed by atoms with E-state index in [9.17, 15) is 13.2 Å². The summed E-state index contributed by atoms with van der Waals surface area (Å²) in [6, 6.07) is 1.29. The van der Waals surface area contributed by atoms with Crippen LogP contribution in [0.4, 0.5) is 13.2 Å². The molecular formula is C15H21Cl2F3N2. The van der Waals surface area contributed by atoms with Gasteiger partial charge in [-0.3, -0.25) is 4.90 Å². The van der Waals surface area contributed by atoms with Crippen LogP contribution in [-0.4, -0.2) is 31.1 Å². The molecule has 0 aromatic heterocycles. The fourth-order valence-electron chi connectivity index (χ4n) is 2.58. The van der Waals surface area contributed by atoms with Crippen LogP contribution in [0.1, 0.15) is 24.9 Å². The lowest BCUT2D eigenvalue weighted by molar-refractivity contribution is 0.168. The van der Waals surface area contributed by atoms with Crippen molar-refractivity contribution in [2.24, 2.45) is 0 Å². The Morgan fingerprint density at radius 1 is 1.23 bits per heavy atom. The smallest absolute Gasteiger partial charge is 0.163 e. The minimum Gasteiger partial charge on any atom is -0.314 e. The molecule has 2 rings (SSSR count). The van der Waals surface area contributed by atoms with Gasteiger partial charge < -0.3 is 5.32 Å². The van der Waals surface area contributed by atoms with E-state index < -0.39 is 17.5 Å². The molecular weight excluding hydrogens is 336 g/mol. The Bertz CT molecular complexity index is 506. The van der Waals surface area contributed by atoms with Crippen LogP contribution in [0, 0.1) is 17.5 Å². The maximum absolute atomic E-state index is 14.0. The molecule has 1 aromatic rings. The van der Waals surface area contributed by atoms with Crippen molar-refractivity contribution in [1.29, 1.82) is 0 Å². The van der Waals surface area contributed by atoms with E-state index in [-0.39, 0.29) is 36.4 Å². The molecule has 1 atom stereocenters. The van der Waals surface area contributed by atoms with Gasteiger partial charge in [0.1, 0.15) is 5.82 Å². The van der Waals surface area contributed by atoms with Crippen molar-refractivity contribution < 1.29 is 13.2 Å². The highest BCUT2D eigenvalue weighted by Gasteiger charge is 2.26. The molecule has 22 heavy (non-hydrogen) atoms. The van der Waals surface area contributed by atoms with Crippen LogP contribution < -0.4 is 5.32 Å². The van der Waals surface area contributed by atoms with Gasteiger partial charge in [-0.15, -0.1) is 31.4 Å². The third-order valence-electron chi connectivity index (χ3n) is 3.51. The summed E-state index contributed by atoms with van der Waals surface area (Å²) in [6.45, 7) is 8.68. The lowest BCUT2D eigenvalue weighted by Gasteiger charge is -2.35. The Morgan fingerprint density at radius 2 is 1.82 bits per heavy atom. The van der Waals surface area contributed by atoms with Gasteiger partial charge in [0.15, 0.2) is 11.6 Å². The number of benzene rings is 1. The van der Waals surface area contributed by atoms with E-state index in [2.05, 4.69) is 11.9 Å². The fourth-order valence-corrected chi connectivity index (χ4v) is 2.58. The van der Waals surface area contributed by atoms with E-state index in [0.717, 1.165) is 37.8 Å². The zero-order chi connectivity index (χ0) is 14.7. The van der Waals surface area contributed by atoms with Crippen molar-refractivity contribution in [2.75, 3.05) is 26.2 Å². The lowest BCUT2D eigenvalue weighted by atomic mass is 9.97. The van der Waals surface area contributed by atoms with Crippen molar-refractivity contribution >= 4 is 24.8 Å². The van der Waals surface area contributed by atoms with Gasteiger partial charge in [0, 0.05) is 43.9 Å². The van der Waals surface area contributed by atoms with E-state index in [4.69, 9.17) is 0 Å². The third-order valence-corrected chi connectivity index (χ3v) is 3.51. The molecule has 1 aromatic carbocycles. The van der Waals surface area contributed by atoms with Crippen molar-refractivity contribution in [3.8, 4) is 0 Å². The highest BCUT2D eigenvalue weighted by atomic mass is 35.5. The maximum Gasteiger partial charge on any atom is 0.163 e. The first-order chi connectivity index (χ1) is 9.49. The molecule has 0 spiro atoms. The van der Waals surface area contributed by atoms with Crippen LogP contribution in [0.3, 0.4) is 0 Å². The molecule has 1 aliphatic heterocycles. The molecule has 2 nitrogen and oxygen atoms in total. The molecule has 1 fully saturated rings. The first kappa shape index (κ1) is 21.2. The molecule has 1 saturated heterocycles. The first-order valence-corrected chi connectivity index (χ1v) is 6.72. The number of piperazine rings is 1. The van der Waals surface area contributed by atoms with Gasteiger partial charge in [-0.2, -0.15) is 0 Å². The molecule has 0 unspecified atom stereocenters. The first-order valence-electron chi connectivity index (χ1n) is 6.72. The standard InChI is InChI=1S/C15H19F3N2.2ClH/c1-10(2)7-14(20-5-3-19-4-6-20)12-8-11(16)9-13(17)15(12)18;;/h8-9,14,19H,1,3-7H2,2H3;2*1H/t14-;;/m1../s1. The Kier molecular flexibility index (Phi) is 9.08. The Morgan fingerprint density at radius 3 is 2.36 bits per heavy atom. The monoisotopic (exact) mass is 356 g/mol. The molecule has 1 heterocycles. The van der Waals surface area contributed by atoms with Gasteiger partial charge in [-0.1, -0.05) is 5.57 Å². The number of nitrogens with one attached hydrogen (secondary N) is 1. The van der Waals surface area contributed by atoms with Gasteiger partial charge >= 0.3 is 0 Å². The summed E-state index contributed by atoms with van der Waals surface area (Å²) in [7, 11) is 0. The maximum atomic E-state index is 14.0. The van der Waals surface area contributed by atoms with E-state index in [0.29, 0.717) is 12.5 Å². The van der Waals surface area contributed by atoms with E-state index in [1.807, 2.05) is 11.8 Å². The van der Waals surface area contributed by atoms with Crippen LogP contribution in [-0.2, 0) is 0 Å².